The highest BCUT2D eigenvalue weighted by Gasteiger charge is 2.22. The Morgan fingerprint density at radius 3 is 2.57 bits per heavy atom. The molecular weight excluding hydrogens is 290 g/mol. The van der Waals surface area contributed by atoms with Gasteiger partial charge in [0.15, 0.2) is 0 Å². The van der Waals surface area contributed by atoms with Crippen molar-refractivity contribution in [1.82, 2.24) is 14.8 Å². The summed E-state index contributed by atoms with van der Waals surface area (Å²) in [5.41, 5.74) is 1.30. The van der Waals surface area contributed by atoms with E-state index >= 15 is 0 Å². The van der Waals surface area contributed by atoms with Crippen LogP contribution in [0.1, 0.15) is 30.3 Å². The van der Waals surface area contributed by atoms with Gasteiger partial charge in [0.25, 0.3) is 5.91 Å². The molecule has 1 aromatic heterocycles. The SMILES string of the molecule is CCC(=O)N1CCCN(C(=O)c2ccc3ccccc3n2)CC1. The smallest absolute Gasteiger partial charge is 0.272 e. The van der Waals surface area contributed by atoms with Gasteiger partial charge in [0.2, 0.25) is 5.91 Å². The number of para-hydroxylation sites is 1. The van der Waals surface area contributed by atoms with Gasteiger partial charge in [0, 0.05) is 38.0 Å². The lowest BCUT2D eigenvalue weighted by atomic mass is 10.2. The van der Waals surface area contributed by atoms with Crippen molar-refractivity contribution >= 4 is 22.7 Å². The Kier molecular flexibility index (Phi) is 4.55. The molecule has 3 rings (SSSR count). The molecule has 1 fully saturated rings. The predicted octanol–water partition coefficient (Wildman–Crippen LogP) is 2.32. The van der Waals surface area contributed by atoms with Crippen molar-refractivity contribution in [3.8, 4) is 0 Å². The van der Waals surface area contributed by atoms with Crippen LogP contribution in [0, 0.1) is 0 Å². The maximum atomic E-state index is 12.7. The second kappa shape index (κ2) is 6.77. The van der Waals surface area contributed by atoms with E-state index in [0.29, 0.717) is 31.7 Å². The van der Waals surface area contributed by atoms with Gasteiger partial charge in [0.05, 0.1) is 5.52 Å². The quantitative estimate of drug-likeness (QED) is 0.855. The molecule has 2 amide bonds. The summed E-state index contributed by atoms with van der Waals surface area (Å²) in [5.74, 6) is 0.102. The van der Waals surface area contributed by atoms with Crippen LogP contribution in [0.2, 0.25) is 0 Å². The first kappa shape index (κ1) is 15.5. The van der Waals surface area contributed by atoms with Gasteiger partial charge in [0.1, 0.15) is 5.69 Å². The number of rotatable bonds is 2. The second-order valence-electron chi connectivity index (χ2n) is 5.77. The first-order valence-electron chi connectivity index (χ1n) is 8.12. The minimum absolute atomic E-state index is 0.0541. The number of benzene rings is 1. The summed E-state index contributed by atoms with van der Waals surface area (Å²) < 4.78 is 0. The molecule has 2 aromatic rings. The standard InChI is InChI=1S/C18H21N3O2/c1-2-17(22)20-10-5-11-21(13-12-20)18(23)16-9-8-14-6-3-4-7-15(14)19-16/h3-4,6-9H,2,5,10-13H2,1H3. The number of pyridine rings is 1. The van der Waals surface area contributed by atoms with Crippen LogP contribution in [0.25, 0.3) is 10.9 Å². The molecule has 0 atom stereocenters. The molecule has 23 heavy (non-hydrogen) atoms. The molecule has 5 nitrogen and oxygen atoms in total. The van der Waals surface area contributed by atoms with Crippen LogP contribution >= 0.6 is 0 Å². The summed E-state index contributed by atoms with van der Waals surface area (Å²) >= 11 is 0. The van der Waals surface area contributed by atoms with Gasteiger partial charge in [-0.15, -0.1) is 0 Å². The van der Waals surface area contributed by atoms with E-state index in [1.54, 1.807) is 11.0 Å². The number of aromatic nitrogens is 1. The number of amides is 2. The van der Waals surface area contributed by atoms with Crippen LogP contribution in [0.15, 0.2) is 36.4 Å². The Labute approximate surface area is 135 Å². The molecule has 0 spiro atoms. The topological polar surface area (TPSA) is 53.5 Å². The number of hydrogen-bond donors (Lipinski definition) is 0. The van der Waals surface area contributed by atoms with Gasteiger partial charge in [-0.25, -0.2) is 4.98 Å². The number of nitrogens with zero attached hydrogens (tertiary/aromatic N) is 3. The molecule has 0 bridgehead atoms. The normalized spacial score (nSPS) is 15.5. The van der Waals surface area contributed by atoms with E-state index in [9.17, 15) is 9.59 Å². The Bertz CT molecular complexity index is 729. The van der Waals surface area contributed by atoms with Crippen molar-refractivity contribution < 1.29 is 9.59 Å². The fraction of sp³-hybridized carbons (Fsp3) is 0.389. The Morgan fingerprint density at radius 1 is 1.00 bits per heavy atom. The number of hydrogen-bond acceptors (Lipinski definition) is 3. The third-order valence-corrected chi connectivity index (χ3v) is 4.26. The third kappa shape index (κ3) is 3.33. The molecule has 120 valence electrons. The maximum Gasteiger partial charge on any atom is 0.272 e. The average molecular weight is 311 g/mol. The minimum Gasteiger partial charge on any atom is -0.341 e. The summed E-state index contributed by atoms with van der Waals surface area (Å²) in [4.78, 5) is 32.7. The van der Waals surface area contributed by atoms with Crippen LogP contribution in [0.5, 0.6) is 0 Å². The zero-order valence-electron chi connectivity index (χ0n) is 13.4. The van der Waals surface area contributed by atoms with Gasteiger partial charge in [-0.05, 0) is 18.6 Å². The molecule has 2 heterocycles. The molecule has 0 radical (unpaired) electrons. The zero-order valence-corrected chi connectivity index (χ0v) is 13.4. The van der Waals surface area contributed by atoms with Crippen molar-refractivity contribution in [2.24, 2.45) is 0 Å². The summed E-state index contributed by atoms with van der Waals surface area (Å²) in [6.45, 7) is 4.43. The number of carbonyl (C=O) groups excluding carboxylic acids is 2. The second-order valence-corrected chi connectivity index (χ2v) is 5.77. The van der Waals surface area contributed by atoms with Crippen LogP contribution in [-0.4, -0.2) is 52.8 Å². The minimum atomic E-state index is -0.0541. The van der Waals surface area contributed by atoms with Gasteiger partial charge in [-0.1, -0.05) is 31.2 Å². The zero-order chi connectivity index (χ0) is 16.2. The molecule has 0 aliphatic carbocycles. The van der Waals surface area contributed by atoms with Gasteiger partial charge in [-0.2, -0.15) is 0 Å². The highest BCUT2D eigenvalue weighted by Crippen LogP contribution is 2.14. The first-order valence-corrected chi connectivity index (χ1v) is 8.12. The van der Waals surface area contributed by atoms with Gasteiger partial charge < -0.3 is 9.80 Å². The highest BCUT2D eigenvalue weighted by atomic mass is 16.2. The van der Waals surface area contributed by atoms with Crippen molar-refractivity contribution in [1.29, 1.82) is 0 Å². The fourth-order valence-corrected chi connectivity index (χ4v) is 2.94. The number of carbonyl (C=O) groups is 2. The van der Waals surface area contributed by atoms with Crippen LogP contribution in [0.4, 0.5) is 0 Å². The molecule has 0 unspecified atom stereocenters. The van der Waals surface area contributed by atoms with Crippen LogP contribution < -0.4 is 0 Å². The lowest BCUT2D eigenvalue weighted by Gasteiger charge is -2.21. The van der Waals surface area contributed by atoms with E-state index in [1.165, 1.54) is 0 Å². The molecule has 0 N–H and O–H groups in total. The predicted molar refractivity (Wildman–Crippen MR) is 89.1 cm³/mol. The number of fused-ring (bicyclic) bond motifs is 1. The first-order chi connectivity index (χ1) is 11.2. The monoisotopic (exact) mass is 311 g/mol. The summed E-state index contributed by atoms with van der Waals surface area (Å²) in [7, 11) is 0. The molecule has 0 saturated carbocycles. The van der Waals surface area contributed by atoms with Crippen LogP contribution in [0.3, 0.4) is 0 Å². The Hall–Kier alpha value is -2.43. The molecule has 1 aromatic carbocycles. The van der Waals surface area contributed by atoms with Crippen LogP contribution in [-0.2, 0) is 4.79 Å². The van der Waals surface area contributed by atoms with E-state index in [2.05, 4.69) is 4.98 Å². The molecular formula is C18H21N3O2. The largest absolute Gasteiger partial charge is 0.341 e. The molecule has 5 heteroatoms. The van der Waals surface area contributed by atoms with Crippen molar-refractivity contribution in [2.75, 3.05) is 26.2 Å². The lowest BCUT2D eigenvalue weighted by molar-refractivity contribution is -0.130. The Morgan fingerprint density at radius 2 is 1.74 bits per heavy atom. The summed E-state index contributed by atoms with van der Waals surface area (Å²) in [5, 5.41) is 1.03. The molecule has 1 aliphatic heterocycles. The highest BCUT2D eigenvalue weighted by molar-refractivity contribution is 5.95. The summed E-state index contributed by atoms with van der Waals surface area (Å²) in [6, 6.07) is 11.5. The van der Waals surface area contributed by atoms with Gasteiger partial charge in [-0.3, -0.25) is 9.59 Å². The van der Waals surface area contributed by atoms with Gasteiger partial charge >= 0.3 is 0 Å². The van der Waals surface area contributed by atoms with E-state index in [1.807, 2.05) is 42.2 Å². The van der Waals surface area contributed by atoms with E-state index < -0.39 is 0 Å². The Balaban J connectivity index is 1.75. The fourth-order valence-electron chi connectivity index (χ4n) is 2.94. The molecule has 1 aliphatic rings. The van der Waals surface area contributed by atoms with E-state index in [-0.39, 0.29) is 11.8 Å². The third-order valence-electron chi connectivity index (χ3n) is 4.26. The van der Waals surface area contributed by atoms with Crippen molar-refractivity contribution in [3.63, 3.8) is 0 Å². The lowest BCUT2D eigenvalue weighted by Crippen LogP contribution is -2.37. The van der Waals surface area contributed by atoms with E-state index in [4.69, 9.17) is 0 Å². The van der Waals surface area contributed by atoms with E-state index in [0.717, 1.165) is 23.9 Å². The maximum absolute atomic E-state index is 12.7. The van der Waals surface area contributed by atoms with Crippen molar-refractivity contribution in [3.05, 3.63) is 42.1 Å². The van der Waals surface area contributed by atoms with Crippen molar-refractivity contribution in [2.45, 2.75) is 19.8 Å². The average Bonchev–Trinajstić information content (AvgIpc) is 2.86. The summed E-state index contributed by atoms with van der Waals surface area (Å²) in [6.07, 6.45) is 1.32. The molecule has 1 saturated heterocycles.